The molecule has 34 heavy (non-hydrogen) atoms. The van der Waals surface area contributed by atoms with Crippen LogP contribution in [0.4, 0.5) is 36.4 Å². The number of nitrogens with zero attached hydrogens (tertiary/aromatic N) is 3. The first kappa shape index (κ1) is 23.7. The summed E-state index contributed by atoms with van der Waals surface area (Å²) in [5.41, 5.74) is 1.71. The number of amides is 1. The van der Waals surface area contributed by atoms with Crippen molar-refractivity contribution in [1.29, 1.82) is 0 Å². The fraction of sp³-hybridized carbons (Fsp3) is 0.400. The van der Waals surface area contributed by atoms with E-state index in [1.54, 1.807) is 0 Å². The van der Waals surface area contributed by atoms with Gasteiger partial charge in [0.15, 0.2) is 0 Å². The molecule has 7 nitrogen and oxygen atoms in total. The molecule has 2 aliphatic rings. The van der Waals surface area contributed by atoms with E-state index in [2.05, 4.69) is 20.3 Å². The van der Waals surface area contributed by atoms with Crippen LogP contribution in [0.1, 0.15) is 34.6 Å². The zero-order valence-electron chi connectivity index (χ0n) is 17.0. The van der Waals surface area contributed by atoms with Gasteiger partial charge in [0.1, 0.15) is 24.1 Å². The second-order valence-electron chi connectivity index (χ2n) is 7.98. The van der Waals surface area contributed by atoms with Crippen LogP contribution in [0, 0.1) is 11.7 Å². The number of halogens is 7. The second kappa shape index (κ2) is 8.09. The average molecular weight is 491 g/mol. The van der Waals surface area contributed by atoms with E-state index in [1.165, 1.54) is 0 Å². The summed E-state index contributed by atoms with van der Waals surface area (Å²) in [7, 11) is 0. The molecule has 1 aromatic carbocycles. The first-order valence-electron chi connectivity index (χ1n) is 9.81. The van der Waals surface area contributed by atoms with E-state index in [1.807, 2.05) is 0 Å². The smallest absolute Gasteiger partial charge is 0.419 e. The van der Waals surface area contributed by atoms with Gasteiger partial charge in [0.25, 0.3) is 17.9 Å². The van der Waals surface area contributed by atoms with Gasteiger partial charge >= 0.3 is 6.18 Å². The second-order valence-corrected chi connectivity index (χ2v) is 7.98. The van der Waals surface area contributed by atoms with Gasteiger partial charge in [-0.2, -0.15) is 13.2 Å². The van der Waals surface area contributed by atoms with Gasteiger partial charge in [-0.25, -0.2) is 32.5 Å². The Balaban J connectivity index is 1.66. The summed E-state index contributed by atoms with van der Waals surface area (Å²) in [6, 6.07) is 2.36. The number of benzene rings is 1. The number of carbonyl (C=O) groups excluding carboxylic acids is 1. The minimum Gasteiger partial charge on any atom is -0.461 e. The number of alkyl halides is 6. The van der Waals surface area contributed by atoms with Crippen LogP contribution in [0.5, 0.6) is 0 Å². The Morgan fingerprint density at radius 3 is 2.50 bits per heavy atom. The van der Waals surface area contributed by atoms with E-state index in [9.17, 15) is 35.5 Å². The van der Waals surface area contributed by atoms with Crippen molar-refractivity contribution in [2.45, 2.75) is 36.6 Å². The number of hydrogen-bond acceptors (Lipinski definition) is 6. The Labute approximate surface area is 187 Å². The van der Waals surface area contributed by atoms with E-state index >= 15 is 0 Å². The highest BCUT2D eigenvalue weighted by molar-refractivity contribution is 6.01. The molecule has 1 saturated carbocycles. The molecule has 4 rings (SSSR count). The molecule has 2 heterocycles. The zero-order chi connectivity index (χ0) is 24.9. The molecule has 2 aromatic rings. The van der Waals surface area contributed by atoms with Crippen molar-refractivity contribution in [2.24, 2.45) is 16.6 Å². The van der Waals surface area contributed by atoms with Crippen LogP contribution in [0.2, 0.25) is 0 Å². The summed E-state index contributed by atoms with van der Waals surface area (Å²) >= 11 is 0. The van der Waals surface area contributed by atoms with E-state index in [-0.39, 0.29) is 5.69 Å². The molecule has 14 heteroatoms. The zero-order valence-corrected chi connectivity index (χ0v) is 17.0. The molecule has 0 spiro atoms. The molecule has 1 aromatic heterocycles. The van der Waals surface area contributed by atoms with Crippen LogP contribution in [0.25, 0.3) is 0 Å². The van der Waals surface area contributed by atoms with Gasteiger partial charge in [-0.1, -0.05) is 0 Å². The largest absolute Gasteiger partial charge is 0.461 e. The maximum absolute atomic E-state index is 14.8. The third-order valence-electron chi connectivity index (χ3n) is 5.74. The Hall–Kier alpha value is -3.45. The molecule has 0 saturated heterocycles. The van der Waals surface area contributed by atoms with Crippen molar-refractivity contribution < 1.29 is 40.3 Å². The predicted octanol–water partition coefficient (Wildman–Crippen LogP) is 3.81. The number of nitrogens with one attached hydrogen (secondary N) is 1. The van der Waals surface area contributed by atoms with E-state index < -0.39 is 83.9 Å². The number of carbonyl (C=O) groups is 1. The Morgan fingerprint density at radius 1 is 1.21 bits per heavy atom. The van der Waals surface area contributed by atoms with Crippen molar-refractivity contribution in [3.05, 3.63) is 53.4 Å². The predicted molar refractivity (Wildman–Crippen MR) is 103 cm³/mol. The summed E-state index contributed by atoms with van der Waals surface area (Å²) in [4.78, 5) is 22.9. The standard InChI is InChI=1S/C20H16F7N5O2/c21-8-19(12-4-18(23,24)5-14(12)34-17(28)32-19)11-3-10(1-2-13(11)22)31-16(33)15-29-6-9(7-30-15)20(25,26)27/h1-3,6-7,12,14H,4-5,8H2,(H2,28,32)(H,31,33). The van der Waals surface area contributed by atoms with Crippen LogP contribution >= 0.6 is 0 Å². The number of ether oxygens (including phenoxy) is 1. The summed E-state index contributed by atoms with van der Waals surface area (Å²) in [6.45, 7) is -1.38. The molecule has 1 amide bonds. The van der Waals surface area contributed by atoms with E-state index in [0.29, 0.717) is 12.4 Å². The monoisotopic (exact) mass is 491 g/mol. The van der Waals surface area contributed by atoms with Crippen LogP contribution in [-0.4, -0.2) is 40.6 Å². The molecule has 0 bridgehead atoms. The Kier molecular flexibility index (Phi) is 5.64. The van der Waals surface area contributed by atoms with Gasteiger partial charge in [0, 0.05) is 42.4 Å². The number of rotatable bonds is 4. The topological polar surface area (TPSA) is 102 Å². The molecule has 0 radical (unpaired) electrons. The van der Waals surface area contributed by atoms with Gasteiger partial charge in [-0.3, -0.25) is 4.79 Å². The van der Waals surface area contributed by atoms with Gasteiger partial charge in [0.05, 0.1) is 5.56 Å². The molecule has 1 aliphatic carbocycles. The molecule has 3 N–H and O–H groups in total. The van der Waals surface area contributed by atoms with Gasteiger partial charge < -0.3 is 15.8 Å². The highest BCUT2D eigenvalue weighted by Gasteiger charge is 2.60. The first-order valence-corrected chi connectivity index (χ1v) is 9.81. The van der Waals surface area contributed by atoms with Crippen molar-refractivity contribution in [3.63, 3.8) is 0 Å². The number of aliphatic imine (C=N–C) groups is 1. The van der Waals surface area contributed by atoms with Crippen LogP contribution in [0.15, 0.2) is 35.6 Å². The SMILES string of the molecule is NC1=NC(CF)(c2cc(NC(=O)c3ncc(C(F)(F)F)cn3)ccc2F)C2CC(F)(F)CC2O1. The molecule has 1 fully saturated rings. The van der Waals surface area contributed by atoms with Gasteiger partial charge in [-0.15, -0.1) is 0 Å². The van der Waals surface area contributed by atoms with E-state index in [0.717, 1.165) is 18.2 Å². The minimum atomic E-state index is -4.71. The van der Waals surface area contributed by atoms with Crippen LogP contribution in [0.3, 0.4) is 0 Å². The Bertz CT molecular complexity index is 1140. The highest BCUT2D eigenvalue weighted by Crippen LogP contribution is 2.53. The minimum absolute atomic E-state index is 0.126. The highest BCUT2D eigenvalue weighted by atomic mass is 19.4. The molecular formula is C20H16F7N5O2. The number of nitrogens with two attached hydrogens (primary N) is 1. The lowest BCUT2D eigenvalue weighted by molar-refractivity contribution is -0.138. The lowest BCUT2D eigenvalue weighted by Crippen LogP contribution is -2.48. The number of hydrogen-bond donors (Lipinski definition) is 2. The fourth-order valence-electron chi connectivity index (χ4n) is 4.21. The summed E-state index contributed by atoms with van der Waals surface area (Å²) < 4.78 is 100. The maximum Gasteiger partial charge on any atom is 0.419 e. The van der Waals surface area contributed by atoms with Crippen LogP contribution in [-0.2, 0) is 16.5 Å². The molecule has 3 atom stereocenters. The van der Waals surface area contributed by atoms with Gasteiger partial charge in [0.2, 0.25) is 5.82 Å². The average Bonchev–Trinajstić information content (AvgIpc) is 3.08. The summed E-state index contributed by atoms with van der Waals surface area (Å²) in [5.74, 6) is -7.12. The number of aromatic nitrogens is 2. The molecular weight excluding hydrogens is 475 g/mol. The Morgan fingerprint density at radius 2 is 1.88 bits per heavy atom. The number of anilines is 1. The quantitative estimate of drug-likeness (QED) is 0.634. The maximum atomic E-state index is 14.8. The number of amidine groups is 1. The normalized spacial score (nSPS) is 25.8. The van der Waals surface area contributed by atoms with Crippen LogP contribution < -0.4 is 11.1 Å². The fourth-order valence-corrected chi connectivity index (χ4v) is 4.21. The van der Waals surface area contributed by atoms with Crippen molar-refractivity contribution in [3.8, 4) is 0 Å². The van der Waals surface area contributed by atoms with Crippen molar-refractivity contribution in [1.82, 2.24) is 9.97 Å². The van der Waals surface area contributed by atoms with Crippen molar-refractivity contribution >= 4 is 17.6 Å². The number of fused-ring (bicyclic) bond motifs is 1. The van der Waals surface area contributed by atoms with Gasteiger partial charge in [-0.05, 0) is 18.2 Å². The lowest BCUT2D eigenvalue weighted by Gasteiger charge is -2.40. The third kappa shape index (κ3) is 4.23. The summed E-state index contributed by atoms with van der Waals surface area (Å²) in [6.07, 6.45) is -6.66. The lowest BCUT2D eigenvalue weighted by atomic mass is 9.76. The molecule has 1 aliphatic heterocycles. The molecule has 182 valence electrons. The summed E-state index contributed by atoms with van der Waals surface area (Å²) in [5, 5.41) is 2.26. The van der Waals surface area contributed by atoms with E-state index in [4.69, 9.17) is 10.5 Å². The third-order valence-corrected chi connectivity index (χ3v) is 5.74. The molecule has 3 unspecified atom stereocenters. The van der Waals surface area contributed by atoms with Crippen molar-refractivity contribution in [2.75, 3.05) is 12.0 Å². The first-order chi connectivity index (χ1) is 15.8.